The standard InChI is InChI=1S/C14H22N2O2/c1-14(2,3)13-9-10(16-18-13)8-12(17)11-6-4-5-7-15-11/h9,11,15H,4-8H2,1-3H3/t11-/m0/s1. The second-order valence-corrected chi connectivity index (χ2v) is 6.08. The van der Waals surface area contributed by atoms with Gasteiger partial charge < -0.3 is 9.84 Å². The largest absolute Gasteiger partial charge is 0.361 e. The van der Waals surface area contributed by atoms with Crippen molar-refractivity contribution in [2.24, 2.45) is 0 Å². The van der Waals surface area contributed by atoms with Crippen LogP contribution in [0.25, 0.3) is 0 Å². The van der Waals surface area contributed by atoms with Gasteiger partial charge in [-0.1, -0.05) is 32.3 Å². The van der Waals surface area contributed by atoms with Crippen LogP contribution >= 0.6 is 0 Å². The molecule has 1 aliphatic rings. The molecule has 0 unspecified atom stereocenters. The van der Waals surface area contributed by atoms with Gasteiger partial charge in [-0.25, -0.2) is 0 Å². The summed E-state index contributed by atoms with van der Waals surface area (Å²) >= 11 is 0. The molecule has 0 aliphatic carbocycles. The van der Waals surface area contributed by atoms with Gasteiger partial charge in [0.25, 0.3) is 0 Å². The smallest absolute Gasteiger partial charge is 0.155 e. The Morgan fingerprint density at radius 1 is 1.50 bits per heavy atom. The van der Waals surface area contributed by atoms with E-state index in [0.717, 1.165) is 30.8 Å². The van der Waals surface area contributed by atoms with Gasteiger partial charge in [0.1, 0.15) is 5.76 Å². The zero-order valence-electron chi connectivity index (χ0n) is 11.5. The van der Waals surface area contributed by atoms with Crippen molar-refractivity contribution in [3.63, 3.8) is 0 Å². The number of carbonyl (C=O) groups excluding carboxylic acids is 1. The van der Waals surface area contributed by atoms with Crippen LogP contribution in [0.5, 0.6) is 0 Å². The molecule has 4 nitrogen and oxygen atoms in total. The molecule has 0 radical (unpaired) electrons. The van der Waals surface area contributed by atoms with Gasteiger partial charge in [0, 0.05) is 11.5 Å². The fourth-order valence-electron chi connectivity index (χ4n) is 2.18. The first-order valence-electron chi connectivity index (χ1n) is 6.69. The number of aromatic nitrogens is 1. The Morgan fingerprint density at radius 3 is 2.83 bits per heavy atom. The Hall–Kier alpha value is -1.16. The van der Waals surface area contributed by atoms with E-state index in [2.05, 4.69) is 31.2 Å². The number of rotatable bonds is 3. The molecule has 100 valence electrons. The van der Waals surface area contributed by atoms with Crippen LogP contribution < -0.4 is 5.32 Å². The SMILES string of the molecule is CC(C)(C)c1cc(CC(=O)[C@@H]2CCCCN2)no1. The molecule has 1 saturated heterocycles. The van der Waals surface area contributed by atoms with Gasteiger partial charge in [0.2, 0.25) is 0 Å². The van der Waals surface area contributed by atoms with E-state index in [1.54, 1.807) is 0 Å². The summed E-state index contributed by atoms with van der Waals surface area (Å²) in [5.74, 6) is 1.06. The number of Topliss-reactive ketones (excluding diaryl/α,β-unsaturated/α-hetero) is 1. The normalized spacial score (nSPS) is 20.9. The molecular formula is C14H22N2O2. The van der Waals surface area contributed by atoms with E-state index in [1.165, 1.54) is 6.42 Å². The first-order valence-corrected chi connectivity index (χ1v) is 6.69. The van der Waals surface area contributed by atoms with Gasteiger partial charge in [0.15, 0.2) is 5.78 Å². The van der Waals surface area contributed by atoms with Crippen molar-refractivity contribution in [2.75, 3.05) is 6.54 Å². The first kappa shape index (κ1) is 13.3. The third-order valence-electron chi connectivity index (χ3n) is 3.35. The second-order valence-electron chi connectivity index (χ2n) is 6.08. The minimum absolute atomic E-state index is 0.00790. The maximum Gasteiger partial charge on any atom is 0.155 e. The summed E-state index contributed by atoms with van der Waals surface area (Å²) in [7, 11) is 0. The Balaban J connectivity index is 1.96. The molecule has 2 rings (SSSR count). The maximum atomic E-state index is 12.1. The fraction of sp³-hybridized carbons (Fsp3) is 0.714. The predicted octanol–water partition coefficient (Wildman–Crippen LogP) is 2.23. The lowest BCUT2D eigenvalue weighted by Gasteiger charge is -2.21. The van der Waals surface area contributed by atoms with E-state index in [1.807, 2.05) is 6.07 Å². The highest BCUT2D eigenvalue weighted by molar-refractivity contribution is 5.85. The second kappa shape index (κ2) is 5.22. The van der Waals surface area contributed by atoms with E-state index < -0.39 is 0 Å². The number of nitrogens with zero attached hydrogens (tertiary/aromatic N) is 1. The fourth-order valence-corrected chi connectivity index (χ4v) is 2.18. The predicted molar refractivity (Wildman–Crippen MR) is 69.6 cm³/mol. The highest BCUT2D eigenvalue weighted by Gasteiger charge is 2.24. The van der Waals surface area contributed by atoms with Gasteiger partial charge in [-0.05, 0) is 19.4 Å². The van der Waals surface area contributed by atoms with Crippen LogP contribution in [0.3, 0.4) is 0 Å². The van der Waals surface area contributed by atoms with Gasteiger partial charge in [-0.3, -0.25) is 4.79 Å². The molecule has 18 heavy (non-hydrogen) atoms. The van der Waals surface area contributed by atoms with E-state index in [4.69, 9.17) is 4.52 Å². The van der Waals surface area contributed by atoms with Crippen LogP contribution in [-0.4, -0.2) is 23.5 Å². The maximum absolute atomic E-state index is 12.1. The highest BCUT2D eigenvalue weighted by atomic mass is 16.5. The molecule has 4 heteroatoms. The third-order valence-corrected chi connectivity index (χ3v) is 3.35. The summed E-state index contributed by atoms with van der Waals surface area (Å²) in [5.41, 5.74) is 0.689. The summed E-state index contributed by atoms with van der Waals surface area (Å²) in [4.78, 5) is 12.1. The molecule has 0 spiro atoms. The van der Waals surface area contributed by atoms with Crippen molar-refractivity contribution in [3.05, 3.63) is 17.5 Å². The number of hydrogen-bond donors (Lipinski definition) is 1. The van der Waals surface area contributed by atoms with Crippen molar-refractivity contribution in [3.8, 4) is 0 Å². The Bertz CT molecular complexity index is 412. The molecular weight excluding hydrogens is 228 g/mol. The average molecular weight is 250 g/mol. The van der Waals surface area contributed by atoms with Crippen molar-refractivity contribution in [2.45, 2.75) is 57.9 Å². The summed E-state index contributed by atoms with van der Waals surface area (Å²) in [6, 6.07) is 1.91. The minimum Gasteiger partial charge on any atom is -0.361 e. The van der Waals surface area contributed by atoms with Gasteiger partial charge in [-0.2, -0.15) is 0 Å². The molecule has 0 aromatic carbocycles. The van der Waals surface area contributed by atoms with Gasteiger partial charge in [0.05, 0.1) is 18.2 Å². The van der Waals surface area contributed by atoms with Crippen molar-refractivity contribution in [1.29, 1.82) is 0 Å². The lowest BCUT2D eigenvalue weighted by Crippen LogP contribution is -2.41. The van der Waals surface area contributed by atoms with Crippen molar-refractivity contribution >= 4 is 5.78 Å². The van der Waals surface area contributed by atoms with Crippen molar-refractivity contribution < 1.29 is 9.32 Å². The quantitative estimate of drug-likeness (QED) is 0.893. The Morgan fingerprint density at radius 2 is 2.28 bits per heavy atom. The third kappa shape index (κ3) is 3.19. The highest BCUT2D eigenvalue weighted by Crippen LogP contribution is 2.23. The van der Waals surface area contributed by atoms with Gasteiger partial charge >= 0.3 is 0 Å². The summed E-state index contributed by atoms with van der Waals surface area (Å²) in [6.45, 7) is 7.16. The minimum atomic E-state index is -0.0581. The molecule has 2 heterocycles. The van der Waals surface area contributed by atoms with E-state index in [-0.39, 0.29) is 17.2 Å². The molecule has 0 amide bonds. The van der Waals surface area contributed by atoms with Gasteiger partial charge in [-0.15, -0.1) is 0 Å². The molecule has 1 aliphatic heterocycles. The Kier molecular flexibility index (Phi) is 3.85. The molecule has 1 N–H and O–H groups in total. The number of piperidine rings is 1. The average Bonchev–Trinajstić information content (AvgIpc) is 2.78. The summed E-state index contributed by atoms with van der Waals surface area (Å²) in [6.07, 6.45) is 3.62. The number of ketones is 1. The zero-order chi connectivity index (χ0) is 13.2. The van der Waals surface area contributed by atoms with E-state index in [0.29, 0.717) is 6.42 Å². The van der Waals surface area contributed by atoms with Crippen LogP contribution in [0.4, 0.5) is 0 Å². The topological polar surface area (TPSA) is 55.1 Å². The number of hydrogen-bond acceptors (Lipinski definition) is 4. The molecule has 1 fully saturated rings. The van der Waals surface area contributed by atoms with Crippen molar-refractivity contribution in [1.82, 2.24) is 10.5 Å². The van der Waals surface area contributed by atoms with Crippen LogP contribution in [0.2, 0.25) is 0 Å². The number of carbonyl (C=O) groups is 1. The molecule has 0 bridgehead atoms. The summed E-state index contributed by atoms with van der Waals surface area (Å²) in [5, 5.41) is 7.26. The molecule has 1 aromatic heterocycles. The molecule has 1 atom stereocenters. The van der Waals surface area contributed by atoms with Crippen LogP contribution in [0.15, 0.2) is 10.6 Å². The molecule has 0 saturated carbocycles. The monoisotopic (exact) mass is 250 g/mol. The Labute approximate surface area is 108 Å². The molecule has 1 aromatic rings. The van der Waals surface area contributed by atoms with Crippen LogP contribution in [0.1, 0.15) is 51.5 Å². The van der Waals surface area contributed by atoms with E-state index in [9.17, 15) is 4.79 Å². The summed E-state index contributed by atoms with van der Waals surface area (Å²) < 4.78 is 5.29. The lowest BCUT2D eigenvalue weighted by molar-refractivity contribution is -0.121. The first-order chi connectivity index (χ1) is 8.47. The van der Waals surface area contributed by atoms with E-state index >= 15 is 0 Å². The van der Waals surface area contributed by atoms with Crippen LogP contribution in [-0.2, 0) is 16.6 Å². The van der Waals surface area contributed by atoms with Crippen LogP contribution in [0, 0.1) is 0 Å². The number of nitrogens with one attached hydrogen (secondary N) is 1. The zero-order valence-corrected chi connectivity index (χ0v) is 11.5. The lowest BCUT2D eigenvalue weighted by atomic mass is 9.92.